The Bertz CT molecular complexity index is 271. The SMILES string of the molecule is CN1C(/C=C/OCC[Si](C)(C)C)COC1(C)C. The molecule has 17 heavy (non-hydrogen) atoms. The third kappa shape index (κ3) is 4.82. The van der Waals surface area contributed by atoms with Crippen molar-refractivity contribution in [3.05, 3.63) is 12.3 Å². The Morgan fingerprint density at radius 3 is 2.53 bits per heavy atom. The van der Waals surface area contributed by atoms with E-state index < -0.39 is 8.07 Å². The predicted molar refractivity (Wildman–Crippen MR) is 74.8 cm³/mol. The molecule has 0 saturated carbocycles. The van der Waals surface area contributed by atoms with Crippen LogP contribution >= 0.6 is 0 Å². The molecule has 0 aromatic heterocycles. The van der Waals surface area contributed by atoms with Crippen molar-refractivity contribution in [3.8, 4) is 0 Å². The topological polar surface area (TPSA) is 21.7 Å². The highest BCUT2D eigenvalue weighted by molar-refractivity contribution is 6.76. The Morgan fingerprint density at radius 1 is 1.41 bits per heavy atom. The molecule has 0 aliphatic carbocycles. The molecular formula is C13H27NO2Si. The van der Waals surface area contributed by atoms with E-state index in [1.165, 1.54) is 6.04 Å². The van der Waals surface area contributed by atoms with Gasteiger partial charge in [-0.15, -0.1) is 0 Å². The zero-order valence-corrected chi connectivity index (χ0v) is 13.1. The molecule has 0 spiro atoms. The van der Waals surface area contributed by atoms with Crippen molar-refractivity contribution >= 4 is 8.07 Å². The molecule has 0 amide bonds. The van der Waals surface area contributed by atoms with Crippen LogP contribution in [-0.2, 0) is 9.47 Å². The minimum Gasteiger partial charge on any atom is -0.502 e. The maximum atomic E-state index is 5.70. The number of hydrogen-bond donors (Lipinski definition) is 0. The summed E-state index contributed by atoms with van der Waals surface area (Å²) in [5.74, 6) is 0. The summed E-state index contributed by atoms with van der Waals surface area (Å²) in [7, 11) is 1.12. The molecule has 1 heterocycles. The quantitative estimate of drug-likeness (QED) is 0.429. The van der Waals surface area contributed by atoms with Crippen LogP contribution in [0.4, 0.5) is 0 Å². The van der Waals surface area contributed by atoms with Crippen LogP contribution in [0.25, 0.3) is 0 Å². The summed E-state index contributed by atoms with van der Waals surface area (Å²) in [5, 5.41) is 0. The molecule has 1 aliphatic heterocycles. The van der Waals surface area contributed by atoms with Crippen molar-refractivity contribution in [1.82, 2.24) is 4.90 Å². The van der Waals surface area contributed by atoms with Gasteiger partial charge in [-0.3, -0.25) is 4.90 Å². The van der Waals surface area contributed by atoms with Crippen LogP contribution in [0.2, 0.25) is 25.7 Å². The number of rotatable bonds is 5. The van der Waals surface area contributed by atoms with Gasteiger partial charge in [0.2, 0.25) is 0 Å². The zero-order valence-electron chi connectivity index (χ0n) is 12.1. The van der Waals surface area contributed by atoms with Gasteiger partial charge in [-0.25, -0.2) is 0 Å². The highest BCUT2D eigenvalue weighted by atomic mass is 28.3. The molecule has 1 saturated heterocycles. The molecule has 1 atom stereocenters. The first-order chi connectivity index (χ1) is 7.72. The maximum Gasteiger partial charge on any atom is 0.116 e. The number of nitrogens with zero attached hydrogens (tertiary/aromatic N) is 1. The average molecular weight is 257 g/mol. The van der Waals surface area contributed by atoms with Gasteiger partial charge in [-0.2, -0.15) is 0 Å². The molecule has 0 N–H and O–H groups in total. The second-order valence-corrected chi connectivity index (χ2v) is 12.1. The standard InChI is InChI=1S/C13H27NO2Si/c1-13(2)14(3)12(11-16-13)7-8-15-9-10-17(4,5)6/h7-8,12H,9-11H2,1-6H3/b8-7+. The third-order valence-electron chi connectivity index (χ3n) is 3.32. The molecule has 1 rings (SSSR count). The van der Waals surface area contributed by atoms with E-state index in [2.05, 4.69) is 51.5 Å². The van der Waals surface area contributed by atoms with Gasteiger partial charge in [0.25, 0.3) is 0 Å². The first-order valence-electron chi connectivity index (χ1n) is 6.37. The minimum absolute atomic E-state index is 0.159. The van der Waals surface area contributed by atoms with E-state index in [1.807, 2.05) is 6.26 Å². The van der Waals surface area contributed by atoms with Crippen LogP contribution in [0.5, 0.6) is 0 Å². The van der Waals surface area contributed by atoms with Crippen LogP contribution < -0.4 is 0 Å². The molecule has 0 radical (unpaired) electrons. The molecule has 0 bridgehead atoms. The molecule has 1 unspecified atom stereocenters. The predicted octanol–water partition coefficient (Wildman–Crippen LogP) is 2.92. The molecule has 0 aromatic rings. The van der Waals surface area contributed by atoms with E-state index in [0.717, 1.165) is 13.2 Å². The van der Waals surface area contributed by atoms with Crippen molar-refractivity contribution in [3.63, 3.8) is 0 Å². The number of ether oxygens (including phenoxy) is 2. The Hall–Kier alpha value is -0.323. The number of likely N-dealkylation sites (N-methyl/N-ethyl adjacent to an activating group) is 1. The largest absolute Gasteiger partial charge is 0.502 e. The van der Waals surface area contributed by atoms with E-state index in [0.29, 0.717) is 6.04 Å². The van der Waals surface area contributed by atoms with Crippen LogP contribution in [0.1, 0.15) is 13.8 Å². The molecule has 3 nitrogen and oxygen atoms in total. The average Bonchev–Trinajstić information content (AvgIpc) is 2.42. The van der Waals surface area contributed by atoms with Crippen molar-refractivity contribution in [1.29, 1.82) is 0 Å². The van der Waals surface area contributed by atoms with E-state index in [4.69, 9.17) is 9.47 Å². The van der Waals surface area contributed by atoms with E-state index in [-0.39, 0.29) is 5.72 Å². The smallest absolute Gasteiger partial charge is 0.116 e. The first kappa shape index (κ1) is 14.7. The molecule has 100 valence electrons. The molecule has 4 heteroatoms. The Kier molecular flexibility index (Phi) is 4.81. The molecule has 1 aliphatic rings. The fraction of sp³-hybridized carbons (Fsp3) is 0.846. The Labute approximate surface area is 107 Å². The lowest BCUT2D eigenvalue weighted by Gasteiger charge is -2.28. The number of hydrogen-bond acceptors (Lipinski definition) is 3. The Balaban J connectivity index is 2.27. The van der Waals surface area contributed by atoms with E-state index in [9.17, 15) is 0 Å². The first-order valence-corrected chi connectivity index (χ1v) is 10.1. The van der Waals surface area contributed by atoms with Gasteiger partial charge in [0.15, 0.2) is 0 Å². The summed E-state index contributed by atoms with van der Waals surface area (Å²) < 4.78 is 11.3. The summed E-state index contributed by atoms with van der Waals surface area (Å²) in [6.07, 6.45) is 3.94. The second-order valence-electron chi connectivity index (χ2n) is 6.45. The van der Waals surface area contributed by atoms with Gasteiger partial charge in [0.1, 0.15) is 5.72 Å². The van der Waals surface area contributed by atoms with Crippen LogP contribution in [0.3, 0.4) is 0 Å². The van der Waals surface area contributed by atoms with Gasteiger partial charge >= 0.3 is 0 Å². The summed E-state index contributed by atoms with van der Waals surface area (Å²) >= 11 is 0. The lowest BCUT2D eigenvalue weighted by molar-refractivity contribution is -0.0402. The Morgan fingerprint density at radius 2 is 2.06 bits per heavy atom. The van der Waals surface area contributed by atoms with Gasteiger partial charge < -0.3 is 9.47 Å². The van der Waals surface area contributed by atoms with E-state index in [1.54, 1.807) is 0 Å². The summed E-state index contributed by atoms with van der Waals surface area (Å²) in [6, 6.07) is 1.54. The van der Waals surface area contributed by atoms with Gasteiger partial charge in [-0.1, -0.05) is 19.6 Å². The normalized spacial score (nSPS) is 25.6. The van der Waals surface area contributed by atoms with E-state index >= 15 is 0 Å². The zero-order chi connectivity index (χ0) is 13.1. The summed E-state index contributed by atoms with van der Waals surface area (Å²) in [4.78, 5) is 2.23. The van der Waals surface area contributed by atoms with Gasteiger partial charge in [0, 0.05) is 8.07 Å². The second kappa shape index (κ2) is 5.55. The van der Waals surface area contributed by atoms with Crippen LogP contribution in [-0.4, -0.2) is 45.0 Å². The van der Waals surface area contributed by atoms with Crippen molar-refractivity contribution in [2.45, 2.75) is 51.3 Å². The molecular weight excluding hydrogens is 230 g/mol. The highest BCUT2D eigenvalue weighted by Crippen LogP contribution is 2.25. The van der Waals surface area contributed by atoms with Crippen molar-refractivity contribution < 1.29 is 9.47 Å². The fourth-order valence-corrected chi connectivity index (χ4v) is 2.40. The fourth-order valence-electron chi connectivity index (χ4n) is 1.67. The minimum atomic E-state index is -0.969. The monoisotopic (exact) mass is 257 g/mol. The van der Waals surface area contributed by atoms with Gasteiger partial charge in [0.05, 0.1) is 25.5 Å². The van der Waals surface area contributed by atoms with Crippen LogP contribution in [0, 0.1) is 0 Å². The molecule has 0 aromatic carbocycles. The van der Waals surface area contributed by atoms with Crippen molar-refractivity contribution in [2.75, 3.05) is 20.3 Å². The molecule has 1 fully saturated rings. The summed E-state index contributed by atoms with van der Waals surface area (Å²) in [6.45, 7) is 12.9. The van der Waals surface area contributed by atoms with Crippen molar-refractivity contribution in [2.24, 2.45) is 0 Å². The van der Waals surface area contributed by atoms with Crippen LogP contribution in [0.15, 0.2) is 12.3 Å². The maximum absolute atomic E-state index is 5.70. The summed E-state index contributed by atoms with van der Waals surface area (Å²) in [5.41, 5.74) is -0.159. The lowest BCUT2D eigenvalue weighted by Crippen LogP contribution is -2.39. The van der Waals surface area contributed by atoms with Gasteiger partial charge in [-0.05, 0) is 33.0 Å². The highest BCUT2D eigenvalue weighted by Gasteiger charge is 2.36. The lowest BCUT2D eigenvalue weighted by atomic mass is 10.2. The third-order valence-corrected chi connectivity index (χ3v) is 5.03.